The second kappa shape index (κ2) is 5.06. The van der Waals surface area contributed by atoms with Gasteiger partial charge in [-0.05, 0) is 42.9 Å². The van der Waals surface area contributed by atoms with E-state index in [1.807, 2.05) is 29.1 Å². The molecule has 1 heterocycles. The highest BCUT2D eigenvalue weighted by Crippen LogP contribution is 2.46. The van der Waals surface area contributed by atoms with Gasteiger partial charge in [0, 0.05) is 18.8 Å². The summed E-state index contributed by atoms with van der Waals surface area (Å²) < 4.78 is 1.95. The first-order valence-electron chi connectivity index (χ1n) is 7.73. The van der Waals surface area contributed by atoms with Gasteiger partial charge in [0.2, 0.25) is 0 Å². The number of aromatic nitrogens is 2. The zero-order chi connectivity index (χ0) is 13.4. The summed E-state index contributed by atoms with van der Waals surface area (Å²) in [6.07, 6.45) is 7.76. The van der Waals surface area contributed by atoms with Crippen LogP contribution in [0.4, 0.5) is 0 Å². The van der Waals surface area contributed by atoms with E-state index in [0.717, 1.165) is 35.8 Å². The van der Waals surface area contributed by atoms with Crippen LogP contribution in [0.25, 0.3) is 5.69 Å². The molecular formula is C17H21N3. The van der Waals surface area contributed by atoms with Gasteiger partial charge in [0.25, 0.3) is 0 Å². The van der Waals surface area contributed by atoms with Gasteiger partial charge in [-0.15, -0.1) is 0 Å². The number of hydrogen-bond acceptors (Lipinski definition) is 2. The van der Waals surface area contributed by atoms with E-state index in [1.165, 1.54) is 25.7 Å². The molecule has 4 rings (SSSR count). The molecule has 1 aromatic carbocycles. The van der Waals surface area contributed by atoms with Gasteiger partial charge in [0.15, 0.2) is 0 Å². The molecule has 0 radical (unpaired) electrons. The summed E-state index contributed by atoms with van der Waals surface area (Å²) in [5.41, 5.74) is 2.26. The second-order valence-corrected chi connectivity index (χ2v) is 6.17. The summed E-state index contributed by atoms with van der Waals surface area (Å²) in [7, 11) is 0. The van der Waals surface area contributed by atoms with E-state index in [1.54, 1.807) is 0 Å². The smallest absolute Gasteiger partial charge is 0.0766 e. The summed E-state index contributed by atoms with van der Waals surface area (Å²) in [5.74, 6) is 1.97. The Hall–Kier alpha value is -1.61. The molecule has 0 bridgehead atoms. The van der Waals surface area contributed by atoms with Crippen molar-refractivity contribution in [2.45, 2.75) is 38.3 Å². The summed E-state index contributed by atoms with van der Waals surface area (Å²) in [6, 6.07) is 13.1. The van der Waals surface area contributed by atoms with Gasteiger partial charge in [-0.25, -0.2) is 4.68 Å². The van der Waals surface area contributed by atoms with Crippen molar-refractivity contribution < 1.29 is 0 Å². The van der Waals surface area contributed by atoms with Crippen LogP contribution in [0.2, 0.25) is 0 Å². The maximum atomic E-state index is 4.65. The molecule has 2 aliphatic carbocycles. The number of nitrogens with one attached hydrogen (secondary N) is 1. The quantitative estimate of drug-likeness (QED) is 0.922. The highest BCUT2D eigenvalue weighted by Gasteiger charge is 2.43. The van der Waals surface area contributed by atoms with Crippen LogP contribution in [0.1, 0.15) is 31.4 Å². The lowest BCUT2D eigenvalue weighted by Gasteiger charge is -2.41. The maximum Gasteiger partial charge on any atom is 0.0766 e. The lowest BCUT2D eigenvalue weighted by Crippen LogP contribution is -2.47. The third-order valence-corrected chi connectivity index (χ3v) is 5.00. The van der Waals surface area contributed by atoms with E-state index in [0.29, 0.717) is 0 Å². The van der Waals surface area contributed by atoms with Crippen molar-refractivity contribution in [3.8, 4) is 5.69 Å². The molecule has 0 aliphatic heterocycles. The third-order valence-electron chi connectivity index (χ3n) is 5.00. The number of hydrogen-bond donors (Lipinski definition) is 1. The Morgan fingerprint density at radius 2 is 2.05 bits per heavy atom. The van der Waals surface area contributed by atoms with Crippen molar-refractivity contribution >= 4 is 0 Å². The highest BCUT2D eigenvalue weighted by molar-refractivity contribution is 5.30. The topological polar surface area (TPSA) is 29.9 Å². The summed E-state index contributed by atoms with van der Waals surface area (Å²) in [6.45, 7) is 0.897. The molecule has 3 atom stereocenters. The number of nitrogens with zero attached hydrogens (tertiary/aromatic N) is 2. The van der Waals surface area contributed by atoms with E-state index in [2.05, 4.69) is 28.6 Å². The van der Waals surface area contributed by atoms with Crippen molar-refractivity contribution in [2.24, 2.45) is 11.8 Å². The summed E-state index contributed by atoms with van der Waals surface area (Å²) >= 11 is 0. The Balaban J connectivity index is 1.37. The van der Waals surface area contributed by atoms with Gasteiger partial charge in [-0.1, -0.05) is 31.0 Å². The first-order valence-corrected chi connectivity index (χ1v) is 7.73. The molecule has 2 saturated carbocycles. The zero-order valence-corrected chi connectivity index (χ0v) is 11.7. The van der Waals surface area contributed by atoms with E-state index < -0.39 is 0 Å². The van der Waals surface area contributed by atoms with Crippen LogP contribution in [0, 0.1) is 11.8 Å². The second-order valence-electron chi connectivity index (χ2n) is 6.17. The fourth-order valence-electron chi connectivity index (χ4n) is 3.84. The standard InChI is InChI=1S/C17H21N3/c1-2-6-15(7-3-1)20-10-9-14(19-20)12-18-17-11-13-5-4-8-16(13)17/h1-3,6-7,9-10,13,16-18H,4-5,8,11-12H2. The van der Waals surface area contributed by atoms with E-state index in [4.69, 9.17) is 0 Å². The van der Waals surface area contributed by atoms with Crippen molar-refractivity contribution in [1.82, 2.24) is 15.1 Å². The van der Waals surface area contributed by atoms with Crippen LogP contribution in [-0.4, -0.2) is 15.8 Å². The fraction of sp³-hybridized carbons (Fsp3) is 0.471. The predicted octanol–water partition coefficient (Wildman–Crippen LogP) is 3.15. The predicted molar refractivity (Wildman–Crippen MR) is 79.6 cm³/mol. The molecular weight excluding hydrogens is 246 g/mol. The average molecular weight is 267 g/mol. The Kier molecular flexibility index (Phi) is 3.07. The lowest BCUT2D eigenvalue weighted by molar-refractivity contribution is 0.136. The molecule has 0 spiro atoms. The molecule has 3 nitrogen and oxygen atoms in total. The molecule has 20 heavy (non-hydrogen) atoms. The molecule has 1 N–H and O–H groups in total. The molecule has 0 amide bonds. The largest absolute Gasteiger partial charge is 0.308 e. The minimum absolute atomic E-state index is 0.740. The Morgan fingerprint density at radius 1 is 1.15 bits per heavy atom. The van der Waals surface area contributed by atoms with Gasteiger partial charge in [0.1, 0.15) is 0 Å². The first kappa shape index (κ1) is 12.2. The molecule has 3 heteroatoms. The van der Waals surface area contributed by atoms with Gasteiger partial charge >= 0.3 is 0 Å². The Morgan fingerprint density at radius 3 is 2.90 bits per heavy atom. The molecule has 2 aromatic rings. The Bertz CT molecular complexity index is 575. The van der Waals surface area contributed by atoms with E-state index in [-0.39, 0.29) is 0 Å². The minimum Gasteiger partial charge on any atom is -0.308 e. The van der Waals surface area contributed by atoms with Crippen LogP contribution >= 0.6 is 0 Å². The molecule has 0 saturated heterocycles. The zero-order valence-electron chi connectivity index (χ0n) is 11.7. The molecule has 3 unspecified atom stereocenters. The number of rotatable bonds is 4. The van der Waals surface area contributed by atoms with Crippen LogP contribution in [0.5, 0.6) is 0 Å². The molecule has 2 fully saturated rings. The van der Waals surface area contributed by atoms with E-state index in [9.17, 15) is 0 Å². The highest BCUT2D eigenvalue weighted by atomic mass is 15.3. The van der Waals surface area contributed by atoms with Gasteiger partial charge in [0.05, 0.1) is 11.4 Å². The first-order chi connectivity index (χ1) is 9.90. The van der Waals surface area contributed by atoms with Crippen molar-refractivity contribution in [1.29, 1.82) is 0 Å². The summed E-state index contributed by atoms with van der Waals surface area (Å²) in [4.78, 5) is 0. The van der Waals surface area contributed by atoms with E-state index >= 15 is 0 Å². The van der Waals surface area contributed by atoms with Gasteiger partial charge in [-0.2, -0.15) is 5.10 Å². The Labute approximate surface area is 120 Å². The average Bonchev–Trinajstić information content (AvgIpc) is 3.08. The van der Waals surface area contributed by atoms with Crippen LogP contribution < -0.4 is 5.32 Å². The van der Waals surface area contributed by atoms with Crippen molar-refractivity contribution in [3.63, 3.8) is 0 Å². The van der Waals surface area contributed by atoms with Crippen LogP contribution in [0.3, 0.4) is 0 Å². The number of fused-ring (bicyclic) bond motifs is 1. The van der Waals surface area contributed by atoms with Crippen molar-refractivity contribution in [2.75, 3.05) is 0 Å². The third kappa shape index (κ3) is 2.16. The molecule has 2 aliphatic rings. The molecule has 1 aromatic heterocycles. The van der Waals surface area contributed by atoms with Gasteiger partial charge < -0.3 is 5.32 Å². The minimum atomic E-state index is 0.740. The van der Waals surface area contributed by atoms with Crippen LogP contribution in [0.15, 0.2) is 42.6 Å². The normalized spacial score (nSPS) is 28.1. The fourth-order valence-corrected chi connectivity index (χ4v) is 3.84. The lowest BCUT2D eigenvalue weighted by atomic mass is 9.71. The monoisotopic (exact) mass is 267 g/mol. The van der Waals surface area contributed by atoms with Crippen molar-refractivity contribution in [3.05, 3.63) is 48.3 Å². The van der Waals surface area contributed by atoms with Gasteiger partial charge in [-0.3, -0.25) is 0 Å². The molecule has 104 valence electrons. The SMILES string of the molecule is c1ccc(-n2ccc(CNC3CC4CCCC43)n2)cc1. The summed E-state index contributed by atoms with van der Waals surface area (Å²) in [5, 5.41) is 8.35. The number of para-hydroxylation sites is 1. The maximum absolute atomic E-state index is 4.65. The van der Waals surface area contributed by atoms with Crippen LogP contribution in [-0.2, 0) is 6.54 Å². The number of benzene rings is 1.